The lowest BCUT2D eigenvalue weighted by Gasteiger charge is -2.07. The highest BCUT2D eigenvalue weighted by molar-refractivity contribution is 8.01. The summed E-state index contributed by atoms with van der Waals surface area (Å²) in [5, 5.41) is 24.0. The summed E-state index contributed by atoms with van der Waals surface area (Å²) in [6.07, 6.45) is 1.50. The van der Waals surface area contributed by atoms with Crippen molar-refractivity contribution in [2.45, 2.75) is 4.34 Å². The zero-order valence-corrected chi connectivity index (χ0v) is 19.0. The second-order valence-corrected chi connectivity index (χ2v) is 9.00. The highest BCUT2D eigenvalue weighted by atomic mass is 32.2. The number of hydrogen-bond acceptors (Lipinski definition) is 9. The topological polar surface area (TPSA) is 131 Å². The Hall–Kier alpha value is -4.27. The normalized spacial score (nSPS) is 10.8. The van der Waals surface area contributed by atoms with E-state index in [0.717, 1.165) is 26.2 Å². The van der Waals surface area contributed by atoms with E-state index >= 15 is 0 Å². The summed E-state index contributed by atoms with van der Waals surface area (Å²) in [6.45, 7) is 0. The van der Waals surface area contributed by atoms with Gasteiger partial charge in [0.1, 0.15) is 23.1 Å². The molecule has 1 heterocycles. The molecule has 1 N–H and O–H groups in total. The van der Waals surface area contributed by atoms with Crippen LogP contribution in [0.25, 0.3) is 10.2 Å². The second kappa shape index (κ2) is 10.6. The number of nitro groups is 1. The molecule has 0 saturated heterocycles. The van der Waals surface area contributed by atoms with Crippen LogP contribution in [0.1, 0.15) is 11.1 Å². The Morgan fingerprint density at radius 1 is 1.24 bits per heavy atom. The third-order valence-electron chi connectivity index (χ3n) is 4.41. The molecule has 9 nitrogen and oxygen atoms in total. The van der Waals surface area contributed by atoms with E-state index in [1.807, 2.05) is 30.3 Å². The summed E-state index contributed by atoms with van der Waals surface area (Å²) in [5.74, 6) is 0.606. The number of nitriles is 1. The zero-order chi connectivity index (χ0) is 23.9. The minimum atomic E-state index is -0.572. The maximum atomic E-state index is 12.0. The van der Waals surface area contributed by atoms with Gasteiger partial charge in [-0.15, -0.1) is 11.3 Å². The summed E-state index contributed by atoms with van der Waals surface area (Å²) in [7, 11) is 0. The number of hydrazone groups is 1. The number of carbonyl (C=O) groups excluding carboxylic acids is 1. The molecule has 0 bridgehead atoms. The van der Waals surface area contributed by atoms with E-state index in [1.165, 1.54) is 41.4 Å². The van der Waals surface area contributed by atoms with Crippen molar-refractivity contribution >= 4 is 51.1 Å². The molecule has 0 saturated carbocycles. The van der Waals surface area contributed by atoms with Crippen molar-refractivity contribution < 1.29 is 14.5 Å². The largest absolute Gasteiger partial charge is 0.456 e. The van der Waals surface area contributed by atoms with Gasteiger partial charge in [0.25, 0.3) is 11.6 Å². The lowest BCUT2D eigenvalue weighted by atomic mass is 10.2. The van der Waals surface area contributed by atoms with Gasteiger partial charge in [-0.25, -0.2) is 10.4 Å². The highest BCUT2D eigenvalue weighted by Gasteiger charge is 2.12. The third kappa shape index (κ3) is 5.74. The quantitative estimate of drug-likeness (QED) is 0.157. The molecule has 0 spiro atoms. The molecule has 0 atom stereocenters. The molecule has 0 aliphatic carbocycles. The van der Waals surface area contributed by atoms with Crippen LogP contribution >= 0.6 is 23.1 Å². The number of carbonyl (C=O) groups is 1. The smallest absolute Gasteiger partial charge is 0.271 e. The van der Waals surface area contributed by atoms with Crippen LogP contribution in [0.15, 0.2) is 76.2 Å². The van der Waals surface area contributed by atoms with Gasteiger partial charge in [-0.1, -0.05) is 23.9 Å². The zero-order valence-electron chi connectivity index (χ0n) is 17.4. The number of nitrogens with one attached hydrogen (secondary N) is 1. The molecule has 0 aliphatic rings. The molecule has 0 unspecified atom stereocenters. The number of fused-ring (bicyclic) bond motifs is 1. The van der Waals surface area contributed by atoms with Crippen LogP contribution in [0.4, 0.5) is 5.69 Å². The first-order valence-corrected chi connectivity index (χ1v) is 11.6. The standard InChI is InChI=1S/C23H15N5O4S2/c24-12-16-11-17(28(30)31)7-10-20(16)32-18-8-5-15(6-9-18)13-25-27-22(29)14-33-23-26-19-3-1-2-4-21(19)34-23/h1-11,13H,14H2,(H,27,29)/b25-13+. The van der Waals surface area contributed by atoms with Gasteiger partial charge in [-0.05, 0) is 48.0 Å². The Kier molecular flexibility index (Phi) is 7.12. The molecule has 34 heavy (non-hydrogen) atoms. The van der Waals surface area contributed by atoms with E-state index < -0.39 is 4.92 Å². The Morgan fingerprint density at radius 3 is 2.76 bits per heavy atom. The summed E-state index contributed by atoms with van der Waals surface area (Å²) >= 11 is 2.89. The number of ether oxygens (including phenoxy) is 1. The molecule has 4 aromatic rings. The molecule has 3 aromatic carbocycles. The molecular weight excluding hydrogens is 474 g/mol. The van der Waals surface area contributed by atoms with Crippen LogP contribution in [0, 0.1) is 21.4 Å². The number of aromatic nitrogens is 1. The number of thioether (sulfide) groups is 1. The van der Waals surface area contributed by atoms with Crippen molar-refractivity contribution in [3.63, 3.8) is 0 Å². The number of nitro benzene ring substituents is 1. The lowest BCUT2D eigenvalue weighted by molar-refractivity contribution is -0.384. The number of amides is 1. The van der Waals surface area contributed by atoms with Crippen LogP contribution in [0.3, 0.4) is 0 Å². The van der Waals surface area contributed by atoms with E-state index in [4.69, 9.17) is 4.74 Å². The van der Waals surface area contributed by atoms with Crippen molar-refractivity contribution in [3.05, 3.63) is 88.0 Å². The van der Waals surface area contributed by atoms with E-state index in [9.17, 15) is 20.2 Å². The number of benzene rings is 3. The third-order valence-corrected chi connectivity index (χ3v) is 6.59. The second-order valence-electron chi connectivity index (χ2n) is 6.75. The predicted octanol–water partition coefficient (Wildman–Crippen LogP) is 5.11. The average Bonchev–Trinajstić information content (AvgIpc) is 3.27. The van der Waals surface area contributed by atoms with Gasteiger partial charge < -0.3 is 4.74 Å². The lowest BCUT2D eigenvalue weighted by Crippen LogP contribution is -2.19. The first-order chi connectivity index (χ1) is 16.5. The van der Waals surface area contributed by atoms with Crippen molar-refractivity contribution in [2.75, 3.05) is 5.75 Å². The van der Waals surface area contributed by atoms with Gasteiger partial charge in [0.15, 0.2) is 4.34 Å². The number of hydrogen-bond donors (Lipinski definition) is 1. The van der Waals surface area contributed by atoms with Crippen LogP contribution in [-0.2, 0) is 4.79 Å². The predicted molar refractivity (Wildman–Crippen MR) is 130 cm³/mol. The van der Waals surface area contributed by atoms with Crippen molar-refractivity contribution in [3.8, 4) is 17.6 Å². The Balaban J connectivity index is 1.29. The maximum absolute atomic E-state index is 12.0. The van der Waals surface area contributed by atoms with Crippen LogP contribution < -0.4 is 10.2 Å². The number of para-hydroxylation sites is 1. The minimum Gasteiger partial charge on any atom is -0.456 e. The molecule has 168 valence electrons. The first kappa shape index (κ1) is 22.9. The molecule has 0 aliphatic heterocycles. The van der Waals surface area contributed by atoms with Gasteiger partial charge in [0.05, 0.1) is 27.1 Å². The van der Waals surface area contributed by atoms with E-state index in [0.29, 0.717) is 5.75 Å². The Bertz CT molecular complexity index is 1390. The molecule has 11 heteroatoms. The molecule has 1 aromatic heterocycles. The van der Waals surface area contributed by atoms with E-state index in [1.54, 1.807) is 24.3 Å². The number of rotatable bonds is 8. The van der Waals surface area contributed by atoms with Crippen molar-refractivity contribution in [1.29, 1.82) is 5.26 Å². The fourth-order valence-corrected chi connectivity index (χ4v) is 4.67. The Morgan fingerprint density at radius 2 is 2.03 bits per heavy atom. The van der Waals surface area contributed by atoms with Crippen molar-refractivity contribution in [1.82, 2.24) is 10.4 Å². The summed E-state index contributed by atoms with van der Waals surface area (Å²) in [4.78, 5) is 26.8. The van der Waals surface area contributed by atoms with Gasteiger partial charge in [-0.2, -0.15) is 10.4 Å². The fraction of sp³-hybridized carbons (Fsp3) is 0.0435. The van der Waals surface area contributed by atoms with Gasteiger partial charge in [0.2, 0.25) is 0 Å². The molecule has 0 fully saturated rings. The maximum Gasteiger partial charge on any atom is 0.271 e. The molecule has 0 radical (unpaired) electrons. The first-order valence-electron chi connectivity index (χ1n) is 9.78. The molecule has 4 rings (SSSR count). The number of thiazole rings is 1. The summed E-state index contributed by atoms with van der Waals surface area (Å²) < 4.78 is 7.56. The van der Waals surface area contributed by atoms with Crippen LogP contribution in [-0.4, -0.2) is 27.8 Å². The number of non-ortho nitro benzene ring substituents is 1. The highest BCUT2D eigenvalue weighted by Crippen LogP contribution is 2.29. The minimum absolute atomic E-state index is 0.0614. The Labute approximate surface area is 201 Å². The van der Waals surface area contributed by atoms with E-state index in [2.05, 4.69) is 15.5 Å². The van der Waals surface area contributed by atoms with Crippen LogP contribution in [0.2, 0.25) is 0 Å². The van der Waals surface area contributed by atoms with Gasteiger partial charge in [0, 0.05) is 12.1 Å². The average molecular weight is 490 g/mol. The fourth-order valence-electron chi connectivity index (χ4n) is 2.81. The van der Waals surface area contributed by atoms with Gasteiger partial charge >= 0.3 is 0 Å². The molecule has 1 amide bonds. The number of nitrogens with zero attached hydrogens (tertiary/aromatic N) is 4. The summed E-state index contributed by atoms with van der Waals surface area (Å²) in [5.41, 5.74) is 3.99. The monoisotopic (exact) mass is 489 g/mol. The van der Waals surface area contributed by atoms with Crippen molar-refractivity contribution in [2.24, 2.45) is 5.10 Å². The van der Waals surface area contributed by atoms with Crippen LogP contribution in [0.5, 0.6) is 11.5 Å². The summed E-state index contributed by atoms with van der Waals surface area (Å²) in [6, 6.07) is 20.3. The van der Waals surface area contributed by atoms with E-state index in [-0.39, 0.29) is 28.7 Å². The molecular formula is C23H15N5O4S2. The SMILES string of the molecule is N#Cc1cc([N+](=O)[O-])ccc1Oc1ccc(/C=N/NC(=O)CSc2nc3ccccc3s2)cc1. The van der Waals surface area contributed by atoms with Gasteiger partial charge in [-0.3, -0.25) is 14.9 Å².